The summed E-state index contributed by atoms with van der Waals surface area (Å²) in [6, 6.07) is 6.55. The van der Waals surface area contributed by atoms with Crippen LogP contribution >= 0.6 is 0 Å². The average molecular weight is 309 g/mol. The minimum absolute atomic E-state index is 0.0621. The molecule has 1 aromatic carbocycles. The standard InChI is InChI=1S/C16H23NO5/c1-3-22-16(20)14(17-15(19)8-5-9-18)11-12-6-4-7-13(10-12)21-2/h4,6-7,10,14,18H,3,5,8-9,11H2,1-2H3,(H,17,19)/t14-/m0/s1. The number of aliphatic hydroxyl groups excluding tert-OH is 1. The van der Waals surface area contributed by atoms with E-state index in [4.69, 9.17) is 14.6 Å². The second-order valence-corrected chi connectivity index (χ2v) is 4.75. The van der Waals surface area contributed by atoms with Crippen LogP contribution in [0.25, 0.3) is 0 Å². The molecule has 2 N–H and O–H groups in total. The first kappa shape index (κ1) is 18.0. The maximum absolute atomic E-state index is 12.0. The van der Waals surface area contributed by atoms with Gasteiger partial charge in [0.25, 0.3) is 0 Å². The Morgan fingerprint density at radius 2 is 2.14 bits per heavy atom. The molecule has 1 atom stereocenters. The second-order valence-electron chi connectivity index (χ2n) is 4.75. The summed E-state index contributed by atoms with van der Waals surface area (Å²) in [6.07, 6.45) is 0.853. The number of aliphatic hydroxyl groups is 1. The Balaban J connectivity index is 2.76. The molecule has 22 heavy (non-hydrogen) atoms. The number of ether oxygens (including phenoxy) is 2. The number of carbonyl (C=O) groups excluding carboxylic acids is 2. The van der Waals surface area contributed by atoms with Crippen LogP contribution < -0.4 is 10.1 Å². The van der Waals surface area contributed by atoms with Crippen LogP contribution in [0.3, 0.4) is 0 Å². The number of hydrogen-bond donors (Lipinski definition) is 2. The van der Waals surface area contributed by atoms with E-state index in [1.165, 1.54) is 0 Å². The van der Waals surface area contributed by atoms with Gasteiger partial charge in [-0.25, -0.2) is 4.79 Å². The summed E-state index contributed by atoms with van der Waals surface area (Å²) in [5, 5.41) is 11.4. The highest BCUT2D eigenvalue weighted by Crippen LogP contribution is 2.14. The Labute approximate surface area is 130 Å². The van der Waals surface area contributed by atoms with Crippen molar-refractivity contribution in [3.8, 4) is 5.75 Å². The van der Waals surface area contributed by atoms with Gasteiger partial charge in [-0.15, -0.1) is 0 Å². The fourth-order valence-electron chi connectivity index (χ4n) is 1.98. The minimum atomic E-state index is -0.752. The van der Waals surface area contributed by atoms with E-state index >= 15 is 0 Å². The van der Waals surface area contributed by atoms with Crippen molar-refractivity contribution >= 4 is 11.9 Å². The van der Waals surface area contributed by atoms with Gasteiger partial charge in [-0.05, 0) is 31.0 Å². The molecule has 0 fully saturated rings. The quantitative estimate of drug-likeness (QED) is 0.666. The molecule has 0 aliphatic heterocycles. The van der Waals surface area contributed by atoms with Crippen LogP contribution in [-0.2, 0) is 20.7 Å². The van der Waals surface area contributed by atoms with Gasteiger partial charge in [-0.2, -0.15) is 0 Å². The highest BCUT2D eigenvalue weighted by atomic mass is 16.5. The van der Waals surface area contributed by atoms with Crippen LogP contribution in [0.15, 0.2) is 24.3 Å². The summed E-state index contributed by atoms with van der Waals surface area (Å²) in [5.74, 6) is -0.0654. The van der Waals surface area contributed by atoms with Crippen molar-refractivity contribution in [1.82, 2.24) is 5.32 Å². The second kappa shape index (κ2) is 9.78. The minimum Gasteiger partial charge on any atom is -0.497 e. The molecular weight excluding hydrogens is 286 g/mol. The van der Waals surface area contributed by atoms with Gasteiger partial charge in [-0.3, -0.25) is 4.79 Å². The molecule has 0 aliphatic carbocycles. The highest BCUT2D eigenvalue weighted by Gasteiger charge is 2.22. The van der Waals surface area contributed by atoms with Crippen LogP contribution in [0.2, 0.25) is 0 Å². The number of methoxy groups -OCH3 is 1. The molecule has 0 saturated carbocycles. The van der Waals surface area contributed by atoms with Gasteiger partial charge in [0, 0.05) is 19.4 Å². The zero-order chi connectivity index (χ0) is 16.4. The van der Waals surface area contributed by atoms with Gasteiger partial charge in [0.15, 0.2) is 0 Å². The number of rotatable bonds is 9. The molecule has 0 bridgehead atoms. The van der Waals surface area contributed by atoms with Crippen molar-refractivity contribution in [2.75, 3.05) is 20.3 Å². The maximum Gasteiger partial charge on any atom is 0.328 e. The molecule has 0 heterocycles. The lowest BCUT2D eigenvalue weighted by molar-refractivity contribution is -0.147. The van der Waals surface area contributed by atoms with Crippen molar-refractivity contribution in [1.29, 1.82) is 0 Å². The fourth-order valence-corrected chi connectivity index (χ4v) is 1.98. The number of amides is 1. The van der Waals surface area contributed by atoms with Gasteiger partial charge >= 0.3 is 5.97 Å². The lowest BCUT2D eigenvalue weighted by atomic mass is 10.1. The third kappa shape index (κ3) is 6.13. The largest absolute Gasteiger partial charge is 0.497 e. The first-order chi connectivity index (χ1) is 10.6. The van der Waals surface area contributed by atoms with E-state index in [-0.39, 0.29) is 25.5 Å². The van der Waals surface area contributed by atoms with Gasteiger partial charge in [0.2, 0.25) is 5.91 Å². The van der Waals surface area contributed by atoms with Crippen molar-refractivity contribution in [3.63, 3.8) is 0 Å². The Kier molecular flexibility index (Phi) is 7.99. The molecule has 6 heteroatoms. The monoisotopic (exact) mass is 309 g/mol. The number of carbonyl (C=O) groups is 2. The fraction of sp³-hybridized carbons (Fsp3) is 0.500. The zero-order valence-corrected chi connectivity index (χ0v) is 13.0. The summed E-state index contributed by atoms with van der Waals surface area (Å²) >= 11 is 0. The lowest BCUT2D eigenvalue weighted by Crippen LogP contribution is -2.43. The number of hydrogen-bond acceptors (Lipinski definition) is 5. The summed E-state index contributed by atoms with van der Waals surface area (Å²) < 4.78 is 10.2. The van der Waals surface area contributed by atoms with Gasteiger partial charge in [0.05, 0.1) is 13.7 Å². The first-order valence-corrected chi connectivity index (χ1v) is 7.30. The molecule has 122 valence electrons. The highest BCUT2D eigenvalue weighted by molar-refractivity contribution is 5.84. The number of esters is 1. The van der Waals surface area contributed by atoms with E-state index < -0.39 is 12.0 Å². The maximum atomic E-state index is 12.0. The summed E-state index contributed by atoms with van der Waals surface area (Å²) in [4.78, 5) is 23.8. The van der Waals surface area contributed by atoms with E-state index in [0.717, 1.165) is 5.56 Å². The average Bonchev–Trinajstić information content (AvgIpc) is 2.52. The Morgan fingerprint density at radius 1 is 1.36 bits per heavy atom. The molecule has 1 aromatic rings. The van der Waals surface area contributed by atoms with Crippen molar-refractivity contribution in [2.45, 2.75) is 32.2 Å². The first-order valence-electron chi connectivity index (χ1n) is 7.30. The molecule has 0 radical (unpaired) electrons. The predicted molar refractivity (Wildman–Crippen MR) is 81.6 cm³/mol. The molecule has 6 nitrogen and oxygen atoms in total. The summed E-state index contributed by atoms with van der Waals surface area (Å²) in [7, 11) is 1.57. The van der Waals surface area contributed by atoms with Crippen molar-refractivity contribution < 1.29 is 24.2 Å². The van der Waals surface area contributed by atoms with E-state index in [9.17, 15) is 9.59 Å². The predicted octanol–water partition coefficient (Wildman–Crippen LogP) is 1.06. The number of nitrogens with one attached hydrogen (secondary N) is 1. The van der Waals surface area contributed by atoms with Crippen LogP contribution in [0.1, 0.15) is 25.3 Å². The van der Waals surface area contributed by atoms with Crippen molar-refractivity contribution in [3.05, 3.63) is 29.8 Å². The molecule has 0 unspecified atom stereocenters. The molecule has 0 saturated heterocycles. The van der Waals surface area contributed by atoms with Gasteiger partial charge in [0.1, 0.15) is 11.8 Å². The van der Waals surface area contributed by atoms with E-state index in [0.29, 0.717) is 18.6 Å². The lowest BCUT2D eigenvalue weighted by Gasteiger charge is -2.17. The summed E-state index contributed by atoms with van der Waals surface area (Å²) in [6.45, 7) is 1.90. The van der Waals surface area contributed by atoms with Crippen molar-refractivity contribution in [2.24, 2.45) is 0 Å². The molecule has 1 rings (SSSR count). The van der Waals surface area contributed by atoms with E-state index in [1.807, 2.05) is 24.3 Å². The van der Waals surface area contributed by atoms with Gasteiger partial charge < -0.3 is 19.9 Å². The SMILES string of the molecule is CCOC(=O)[C@H](Cc1cccc(OC)c1)NC(=O)CCCO. The molecular formula is C16H23NO5. The molecule has 0 spiro atoms. The van der Waals surface area contributed by atoms with E-state index in [1.54, 1.807) is 14.0 Å². The molecule has 0 aromatic heterocycles. The summed E-state index contributed by atoms with van der Waals surface area (Å²) in [5.41, 5.74) is 0.861. The zero-order valence-electron chi connectivity index (χ0n) is 13.0. The Hall–Kier alpha value is -2.08. The van der Waals surface area contributed by atoms with Crippen LogP contribution in [0, 0.1) is 0 Å². The van der Waals surface area contributed by atoms with Gasteiger partial charge in [-0.1, -0.05) is 12.1 Å². The molecule has 0 aliphatic rings. The third-order valence-electron chi connectivity index (χ3n) is 3.04. The van der Waals surface area contributed by atoms with Crippen LogP contribution in [0.5, 0.6) is 5.75 Å². The van der Waals surface area contributed by atoms with Crippen LogP contribution in [0.4, 0.5) is 0 Å². The normalized spacial score (nSPS) is 11.6. The molecule has 1 amide bonds. The smallest absolute Gasteiger partial charge is 0.328 e. The Bertz CT molecular complexity index is 489. The number of benzene rings is 1. The Morgan fingerprint density at radius 3 is 2.77 bits per heavy atom. The third-order valence-corrected chi connectivity index (χ3v) is 3.04. The topological polar surface area (TPSA) is 84.9 Å². The van der Waals surface area contributed by atoms with E-state index in [2.05, 4.69) is 5.32 Å². The van der Waals surface area contributed by atoms with Crippen LogP contribution in [-0.4, -0.2) is 43.3 Å².